The molecule has 0 aromatic heterocycles. The molecule has 0 spiro atoms. The summed E-state index contributed by atoms with van der Waals surface area (Å²) in [6, 6.07) is 0. The van der Waals surface area contributed by atoms with Crippen LogP contribution in [0.4, 0.5) is 0 Å². The van der Waals surface area contributed by atoms with Crippen molar-refractivity contribution < 1.29 is 0 Å². The Hall–Kier alpha value is -0.380. The highest BCUT2D eigenvalue weighted by molar-refractivity contribution is 4.82. The van der Waals surface area contributed by atoms with E-state index in [9.17, 15) is 0 Å². The van der Waals surface area contributed by atoms with Gasteiger partial charge in [-0.25, -0.2) is 10.9 Å². The Morgan fingerprint density at radius 2 is 1.75 bits per heavy atom. The van der Waals surface area contributed by atoms with Crippen LogP contribution in [0.1, 0.15) is 32.1 Å². The molecular weight excluding hydrogens is 150 g/mol. The van der Waals surface area contributed by atoms with Crippen molar-refractivity contribution in [3.8, 4) is 0 Å². The molecule has 12 heavy (non-hydrogen) atoms. The quantitative estimate of drug-likeness (QED) is 0.475. The Labute approximate surface area is 74.6 Å². The minimum absolute atomic E-state index is 0.896. The van der Waals surface area contributed by atoms with Gasteiger partial charge in [-0.15, -0.1) is 0 Å². The second-order valence-corrected chi connectivity index (χ2v) is 3.11. The first-order chi connectivity index (χ1) is 6.00. The van der Waals surface area contributed by atoms with E-state index in [1.165, 1.54) is 32.1 Å². The van der Waals surface area contributed by atoms with E-state index in [2.05, 4.69) is 28.5 Å². The van der Waals surface area contributed by atoms with Gasteiger partial charge in [-0.05, 0) is 19.3 Å². The van der Waals surface area contributed by atoms with Crippen molar-refractivity contribution in [1.82, 2.24) is 16.4 Å². The second kappa shape index (κ2) is 7.28. The first-order valence-electron chi connectivity index (χ1n) is 4.86. The third-order valence-corrected chi connectivity index (χ3v) is 1.99. The average Bonchev–Trinajstić information content (AvgIpc) is 2.05. The van der Waals surface area contributed by atoms with Crippen LogP contribution in [0.15, 0.2) is 12.2 Å². The van der Waals surface area contributed by atoms with Crippen LogP contribution in [0.25, 0.3) is 0 Å². The summed E-state index contributed by atoms with van der Waals surface area (Å²) in [5.41, 5.74) is 9.12. The molecule has 0 bridgehead atoms. The van der Waals surface area contributed by atoms with Crippen molar-refractivity contribution in [1.29, 1.82) is 0 Å². The normalized spacial score (nSPS) is 22.7. The standard InChI is InChI=1S/C9H19N3/c1-2-4-6-8-10-12-11-9-7-5-3-1/h4,6,10-12H,1-3,5,7-9H2. The fourth-order valence-corrected chi connectivity index (χ4v) is 1.27. The predicted molar refractivity (Wildman–Crippen MR) is 51.4 cm³/mol. The smallest absolute Gasteiger partial charge is 0.0294 e. The monoisotopic (exact) mass is 169 g/mol. The zero-order chi connectivity index (χ0) is 8.49. The first kappa shape index (κ1) is 9.71. The lowest BCUT2D eigenvalue weighted by molar-refractivity contribution is 0.439. The summed E-state index contributed by atoms with van der Waals surface area (Å²) in [4.78, 5) is 0. The zero-order valence-electron chi connectivity index (χ0n) is 7.60. The van der Waals surface area contributed by atoms with Crippen molar-refractivity contribution >= 4 is 0 Å². The zero-order valence-corrected chi connectivity index (χ0v) is 7.60. The van der Waals surface area contributed by atoms with Crippen LogP contribution < -0.4 is 16.4 Å². The fourth-order valence-electron chi connectivity index (χ4n) is 1.27. The predicted octanol–water partition coefficient (Wildman–Crippen LogP) is 1.11. The van der Waals surface area contributed by atoms with Gasteiger partial charge in [0.1, 0.15) is 0 Å². The van der Waals surface area contributed by atoms with Gasteiger partial charge >= 0.3 is 0 Å². The molecule has 0 unspecified atom stereocenters. The van der Waals surface area contributed by atoms with Gasteiger partial charge in [-0.1, -0.05) is 25.0 Å². The Kier molecular flexibility index (Phi) is 5.89. The van der Waals surface area contributed by atoms with Gasteiger partial charge in [-0.3, -0.25) is 0 Å². The van der Waals surface area contributed by atoms with Gasteiger partial charge in [0.05, 0.1) is 0 Å². The van der Waals surface area contributed by atoms with E-state index in [1.54, 1.807) is 0 Å². The average molecular weight is 169 g/mol. The third kappa shape index (κ3) is 5.29. The van der Waals surface area contributed by atoms with Gasteiger partial charge in [-0.2, -0.15) is 5.53 Å². The Bertz CT molecular complexity index is 109. The largest absolute Gasteiger partial charge is 0.244 e. The van der Waals surface area contributed by atoms with Crippen LogP contribution >= 0.6 is 0 Å². The molecule has 0 atom stereocenters. The topological polar surface area (TPSA) is 36.1 Å². The fraction of sp³-hybridized carbons (Fsp3) is 0.778. The summed E-state index contributed by atoms with van der Waals surface area (Å²) in [5, 5.41) is 0. The number of hydrogen-bond acceptors (Lipinski definition) is 3. The van der Waals surface area contributed by atoms with Gasteiger partial charge in [0.2, 0.25) is 0 Å². The highest BCUT2D eigenvalue weighted by atomic mass is 15.6. The van der Waals surface area contributed by atoms with E-state index >= 15 is 0 Å². The maximum atomic E-state index is 3.11. The first-order valence-corrected chi connectivity index (χ1v) is 4.86. The molecule has 1 aliphatic heterocycles. The van der Waals surface area contributed by atoms with Crippen LogP contribution in [0.3, 0.4) is 0 Å². The van der Waals surface area contributed by atoms with Crippen LogP contribution in [0.2, 0.25) is 0 Å². The molecule has 1 rings (SSSR count). The number of hydrazine groups is 2. The molecule has 0 aromatic rings. The Morgan fingerprint density at radius 3 is 2.75 bits per heavy atom. The molecule has 70 valence electrons. The van der Waals surface area contributed by atoms with Gasteiger partial charge in [0.25, 0.3) is 0 Å². The summed E-state index contributed by atoms with van der Waals surface area (Å²) < 4.78 is 0. The summed E-state index contributed by atoms with van der Waals surface area (Å²) in [6.45, 7) is 1.95. The Balaban J connectivity index is 2.10. The van der Waals surface area contributed by atoms with Crippen LogP contribution in [-0.2, 0) is 0 Å². The molecule has 1 heterocycles. The molecule has 3 heteroatoms. The van der Waals surface area contributed by atoms with Crippen molar-refractivity contribution in [2.75, 3.05) is 13.1 Å². The summed E-state index contributed by atoms with van der Waals surface area (Å²) in [6.07, 6.45) is 10.9. The molecule has 1 aliphatic rings. The maximum absolute atomic E-state index is 3.11. The minimum Gasteiger partial charge on any atom is -0.244 e. The van der Waals surface area contributed by atoms with E-state index in [1.807, 2.05) is 0 Å². The van der Waals surface area contributed by atoms with E-state index in [0.29, 0.717) is 0 Å². The third-order valence-electron chi connectivity index (χ3n) is 1.99. The summed E-state index contributed by atoms with van der Waals surface area (Å²) in [5.74, 6) is 0. The number of hydrogen-bond donors (Lipinski definition) is 3. The number of nitrogens with one attached hydrogen (secondary N) is 3. The van der Waals surface area contributed by atoms with E-state index < -0.39 is 0 Å². The van der Waals surface area contributed by atoms with Crippen LogP contribution in [0, 0.1) is 0 Å². The van der Waals surface area contributed by atoms with Crippen LogP contribution in [0.5, 0.6) is 0 Å². The minimum atomic E-state index is 0.896. The molecule has 0 aliphatic carbocycles. The van der Waals surface area contributed by atoms with Crippen molar-refractivity contribution in [3.05, 3.63) is 12.2 Å². The second-order valence-electron chi connectivity index (χ2n) is 3.11. The highest BCUT2D eigenvalue weighted by Gasteiger charge is 1.90. The van der Waals surface area contributed by atoms with E-state index in [4.69, 9.17) is 0 Å². The lowest BCUT2D eigenvalue weighted by Crippen LogP contribution is -2.43. The molecule has 0 fully saturated rings. The van der Waals surface area contributed by atoms with Crippen molar-refractivity contribution in [3.63, 3.8) is 0 Å². The molecule has 0 aromatic carbocycles. The highest BCUT2D eigenvalue weighted by Crippen LogP contribution is 2.02. The summed E-state index contributed by atoms with van der Waals surface area (Å²) >= 11 is 0. The van der Waals surface area contributed by atoms with E-state index in [0.717, 1.165) is 13.1 Å². The van der Waals surface area contributed by atoms with Gasteiger partial charge in [0.15, 0.2) is 0 Å². The van der Waals surface area contributed by atoms with Gasteiger partial charge < -0.3 is 0 Å². The number of allylic oxidation sites excluding steroid dienone is 1. The molecule has 3 nitrogen and oxygen atoms in total. The van der Waals surface area contributed by atoms with Crippen LogP contribution in [-0.4, -0.2) is 13.1 Å². The van der Waals surface area contributed by atoms with Crippen molar-refractivity contribution in [2.24, 2.45) is 0 Å². The van der Waals surface area contributed by atoms with E-state index in [-0.39, 0.29) is 0 Å². The summed E-state index contributed by atoms with van der Waals surface area (Å²) in [7, 11) is 0. The maximum Gasteiger partial charge on any atom is 0.0294 e. The molecule has 3 N–H and O–H groups in total. The molecule has 0 saturated heterocycles. The Morgan fingerprint density at radius 1 is 0.833 bits per heavy atom. The molecule has 0 amide bonds. The number of rotatable bonds is 0. The SMILES string of the molecule is C1=CCNNNCCCCCC1. The lowest BCUT2D eigenvalue weighted by atomic mass is 10.1. The molecule has 0 saturated carbocycles. The molecular formula is C9H19N3. The lowest BCUT2D eigenvalue weighted by Gasteiger charge is -2.07. The van der Waals surface area contributed by atoms with Crippen molar-refractivity contribution in [2.45, 2.75) is 32.1 Å². The van der Waals surface area contributed by atoms with Gasteiger partial charge in [0, 0.05) is 13.1 Å². The molecule has 0 radical (unpaired) electrons.